The van der Waals surface area contributed by atoms with Gasteiger partial charge in [0.05, 0.1) is 5.52 Å². The van der Waals surface area contributed by atoms with Crippen molar-refractivity contribution in [3.8, 4) is 0 Å². The maximum Gasteiger partial charge on any atom is 0.223 e. The van der Waals surface area contributed by atoms with Gasteiger partial charge in [-0.15, -0.1) is 0 Å². The van der Waals surface area contributed by atoms with E-state index in [0.717, 1.165) is 28.2 Å². The zero-order chi connectivity index (χ0) is 14.2. The summed E-state index contributed by atoms with van der Waals surface area (Å²) in [5, 5.41) is 4.51. The van der Waals surface area contributed by atoms with Crippen molar-refractivity contribution in [3.05, 3.63) is 64.3 Å². The van der Waals surface area contributed by atoms with Gasteiger partial charge in [-0.2, -0.15) is 0 Å². The summed E-state index contributed by atoms with van der Waals surface area (Å²) in [6, 6.07) is 15.0. The Morgan fingerprint density at radius 1 is 1.05 bits per heavy atom. The van der Waals surface area contributed by atoms with Crippen LogP contribution in [0.2, 0.25) is 0 Å². The van der Waals surface area contributed by atoms with Crippen molar-refractivity contribution >= 4 is 32.8 Å². The van der Waals surface area contributed by atoms with E-state index in [1.54, 1.807) is 0 Å². The average molecular weight is 340 g/mol. The third kappa shape index (κ3) is 2.51. The quantitative estimate of drug-likeness (QED) is 0.767. The highest BCUT2D eigenvalue weighted by Crippen LogP contribution is 2.24. The van der Waals surface area contributed by atoms with Gasteiger partial charge < -0.3 is 5.32 Å². The number of rotatable bonds is 2. The Morgan fingerprint density at radius 3 is 2.57 bits per heavy atom. The van der Waals surface area contributed by atoms with Crippen molar-refractivity contribution in [2.24, 2.45) is 0 Å². The Kier molecular flexibility index (Phi) is 3.11. The highest BCUT2D eigenvalue weighted by atomic mass is 79.9. The Labute approximate surface area is 131 Å². The first kappa shape index (κ1) is 12.8. The van der Waals surface area contributed by atoms with Gasteiger partial charge in [-0.25, -0.2) is 9.97 Å². The Hall–Kier alpha value is -1.94. The normalized spacial score (nSPS) is 14.3. The number of hydrogen-bond donors (Lipinski definition) is 1. The molecule has 1 aromatic heterocycles. The topological polar surface area (TPSA) is 37.8 Å². The van der Waals surface area contributed by atoms with Crippen LogP contribution in [0, 0.1) is 0 Å². The van der Waals surface area contributed by atoms with E-state index in [0.29, 0.717) is 12.0 Å². The molecule has 1 aliphatic rings. The molecule has 0 saturated carbocycles. The van der Waals surface area contributed by atoms with Crippen molar-refractivity contribution in [1.82, 2.24) is 9.97 Å². The van der Waals surface area contributed by atoms with Gasteiger partial charge in [-0.1, -0.05) is 40.2 Å². The SMILES string of the molecule is Brc1ccc2nc(NC3Cc4ccccc4C3)ncc2c1. The summed E-state index contributed by atoms with van der Waals surface area (Å²) < 4.78 is 1.05. The van der Waals surface area contributed by atoms with E-state index in [1.165, 1.54) is 11.1 Å². The van der Waals surface area contributed by atoms with Crippen LogP contribution in [0.4, 0.5) is 5.95 Å². The van der Waals surface area contributed by atoms with Gasteiger partial charge in [0.2, 0.25) is 5.95 Å². The number of halogens is 1. The molecular formula is C17H14BrN3. The lowest BCUT2D eigenvalue weighted by Gasteiger charge is -2.12. The zero-order valence-corrected chi connectivity index (χ0v) is 13.0. The van der Waals surface area contributed by atoms with E-state index in [1.807, 2.05) is 24.4 Å². The maximum absolute atomic E-state index is 4.60. The molecule has 0 aliphatic heterocycles. The highest BCUT2D eigenvalue weighted by molar-refractivity contribution is 9.10. The number of nitrogens with zero attached hydrogens (tertiary/aromatic N) is 2. The van der Waals surface area contributed by atoms with Crippen LogP contribution in [0.3, 0.4) is 0 Å². The van der Waals surface area contributed by atoms with Crippen molar-refractivity contribution < 1.29 is 0 Å². The molecule has 0 spiro atoms. The van der Waals surface area contributed by atoms with Crippen LogP contribution in [0.15, 0.2) is 53.1 Å². The predicted octanol–water partition coefficient (Wildman–Crippen LogP) is 3.97. The molecule has 0 atom stereocenters. The number of benzene rings is 2. The van der Waals surface area contributed by atoms with Crippen molar-refractivity contribution in [2.75, 3.05) is 5.32 Å². The van der Waals surface area contributed by atoms with Gasteiger partial charge in [0.1, 0.15) is 0 Å². The average Bonchev–Trinajstić information content (AvgIpc) is 2.89. The summed E-state index contributed by atoms with van der Waals surface area (Å²) in [5.41, 5.74) is 3.82. The van der Waals surface area contributed by atoms with Crippen molar-refractivity contribution in [2.45, 2.75) is 18.9 Å². The molecular weight excluding hydrogens is 326 g/mol. The lowest BCUT2D eigenvalue weighted by atomic mass is 10.1. The first-order chi connectivity index (χ1) is 10.3. The van der Waals surface area contributed by atoms with E-state index >= 15 is 0 Å². The van der Waals surface area contributed by atoms with E-state index in [-0.39, 0.29) is 0 Å². The minimum atomic E-state index is 0.385. The summed E-state index contributed by atoms with van der Waals surface area (Å²) in [6.45, 7) is 0. The van der Waals surface area contributed by atoms with Crippen LogP contribution in [0.25, 0.3) is 10.9 Å². The third-order valence-electron chi connectivity index (χ3n) is 3.93. The van der Waals surface area contributed by atoms with Crippen LogP contribution < -0.4 is 5.32 Å². The van der Waals surface area contributed by atoms with Gasteiger partial charge in [0.25, 0.3) is 0 Å². The molecule has 0 fully saturated rings. The molecule has 0 saturated heterocycles. The van der Waals surface area contributed by atoms with Gasteiger partial charge >= 0.3 is 0 Å². The highest BCUT2D eigenvalue weighted by Gasteiger charge is 2.21. The second-order valence-corrected chi connectivity index (χ2v) is 6.33. The summed E-state index contributed by atoms with van der Waals surface area (Å²) in [7, 11) is 0. The fourth-order valence-electron chi connectivity index (χ4n) is 2.92. The van der Waals surface area contributed by atoms with Crippen LogP contribution in [-0.2, 0) is 12.8 Å². The largest absolute Gasteiger partial charge is 0.351 e. The van der Waals surface area contributed by atoms with Gasteiger partial charge in [0, 0.05) is 22.1 Å². The molecule has 4 heteroatoms. The number of aromatic nitrogens is 2. The van der Waals surface area contributed by atoms with Crippen LogP contribution in [-0.4, -0.2) is 16.0 Å². The Bertz CT molecular complexity index is 791. The molecule has 3 aromatic rings. The van der Waals surface area contributed by atoms with E-state index < -0.39 is 0 Å². The van der Waals surface area contributed by atoms with Gasteiger partial charge in [-0.3, -0.25) is 0 Å². The number of fused-ring (bicyclic) bond motifs is 2. The standard InChI is InChI=1S/C17H14BrN3/c18-14-5-6-16-13(7-14)10-19-17(21-16)20-15-8-11-3-1-2-4-12(11)9-15/h1-7,10,15H,8-9H2,(H,19,20,21). The number of nitrogens with one attached hydrogen (secondary N) is 1. The number of hydrogen-bond acceptors (Lipinski definition) is 3. The van der Waals surface area contributed by atoms with Gasteiger partial charge in [0.15, 0.2) is 0 Å². The molecule has 1 aliphatic carbocycles. The molecule has 21 heavy (non-hydrogen) atoms. The fourth-order valence-corrected chi connectivity index (χ4v) is 3.30. The van der Waals surface area contributed by atoms with E-state index in [9.17, 15) is 0 Å². The Morgan fingerprint density at radius 2 is 1.81 bits per heavy atom. The molecule has 3 nitrogen and oxygen atoms in total. The van der Waals surface area contributed by atoms with E-state index in [4.69, 9.17) is 0 Å². The first-order valence-electron chi connectivity index (χ1n) is 7.03. The minimum absolute atomic E-state index is 0.385. The van der Waals surface area contributed by atoms with Crippen molar-refractivity contribution in [3.63, 3.8) is 0 Å². The summed E-state index contributed by atoms with van der Waals surface area (Å²) in [4.78, 5) is 9.03. The zero-order valence-electron chi connectivity index (χ0n) is 11.4. The van der Waals surface area contributed by atoms with Crippen molar-refractivity contribution in [1.29, 1.82) is 0 Å². The second kappa shape index (κ2) is 5.11. The lowest BCUT2D eigenvalue weighted by Crippen LogP contribution is -2.21. The summed E-state index contributed by atoms with van der Waals surface area (Å²) >= 11 is 3.47. The fraction of sp³-hybridized carbons (Fsp3) is 0.176. The molecule has 0 radical (unpaired) electrons. The molecule has 0 bridgehead atoms. The van der Waals surface area contributed by atoms with E-state index in [2.05, 4.69) is 55.5 Å². The molecule has 1 heterocycles. The molecule has 1 N–H and O–H groups in total. The molecule has 0 unspecified atom stereocenters. The smallest absolute Gasteiger partial charge is 0.223 e. The molecule has 4 rings (SSSR count). The minimum Gasteiger partial charge on any atom is -0.351 e. The molecule has 104 valence electrons. The summed E-state index contributed by atoms with van der Waals surface area (Å²) in [6.07, 6.45) is 3.95. The Balaban J connectivity index is 1.57. The first-order valence-corrected chi connectivity index (χ1v) is 7.83. The predicted molar refractivity (Wildman–Crippen MR) is 88.5 cm³/mol. The van der Waals surface area contributed by atoms with Crippen LogP contribution in [0.5, 0.6) is 0 Å². The lowest BCUT2D eigenvalue weighted by molar-refractivity contribution is 0.763. The monoisotopic (exact) mass is 339 g/mol. The summed E-state index contributed by atoms with van der Waals surface area (Å²) in [5.74, 6) is 0.711. The maximum atomic E-state index is 4.60. The molecule has 2 aromatic carbocycles. The van der Waals surface area contributed by atoms with Gasteiger partial charge in [-0.05, 0) is 42.2 Å². The van der Waals surface area contributed by atoms with Crippen LogP contribution in [0.1, 0.15) is 11.1 Å². The van der Waals surface area contributed by atoms with Crippen LogP contribution >= 0.6 is 15.9 Å². The third-order valence-corrected chi connectivity index (χ3v) is 4.42. The molecule has 0 amide bonds. The number of anilines is 1. The second-order valence-electron chi connectivity index (χ2n) is 5.41.